The first-order valence-electron chi connectivity index (χ1n) is 9.98. The van der Waals surface area contributed by atoms with Crippen molar-refractivity contribution in [2.24, 2.45) is 0 Å². The molecule has 0 saturated carbocycles. The molecule has 2 heteroatoms. The van der Waals surface area contributed by atoms with E-state index in [4.69, 9.17) is 4.98 Å². The Morgan fingerprint density at radius 2 is 1.17 bits per heavy atom. The molecule has 0 fully saturated rings. The Labute approximate surface area is 171 Å². The molecule has 5 rings (SSSR count). The smallest absolute Gasteiger partial charge is 0.0801 e. The lowest BCUT2D eigenvalue weighted by molar-refractivity contribution is 0.804. The fourth-order valence-corrected chi connectivity index (χ4v) is 3.99. The van der Waals surface area contributed by atoms with Crippen LogP contribution >= 0.6 is 0 Å². The summed E-state index contributed by atoms with van der Waals surface area (Å²) in [7, 11) is 0. The van der Waals surface area contributed by atoms with Gasteiger partial charge in [0.15, 0.2) is 0 Å². The SMILES string of the molecule is c1ccc(CN(Cc2ccccc2)c2cccc3ccc4cccnc4c23)cc1. The lowest BCUT2D eigenvalue weighted by atomic mass is 10.0. The van der Waals surface area contributed by atoms with Crippen molar-refractivity contribution in [3.05, 3.63) is 120 Å². The Morgan fingerprint density at radius 1 is 0.552 bits per heavy atom. The van der Waals surface area contributed by atoms with Crippen molar-refractivity contribution in [3.8, 4) is 0 Å². The lowest BCUT2D eigenvalue weighted by Gasteiger charge is -2.27. The second kappa shape index (κ2) is 7.76. The van der Waals surface area contributed by atoms with Crippen molar-refractivity contribution >= 4 is 27.4 Å². The lowest BCUT2D eigenvalue weighted by Crippen LogP contribution is -2.22. The molecule has 0 spiro atoms. The van der Waals surface area contributed by atoms with Gasteiger partial charge in [-0.1, -0.05) is 91.0 Å². The van der Waals surface area contributed by atoms with Gasteiger partial charge in [0.1, 0.15) is 0 Å². The molecular weight excluding hydrogens is 352 g/mol. The van der Waals surface area contributed by atoms with Gasteiger partial charge in [-0.3, -0.25) is 4.98 Å². The highest BCUT2D eigenvalue weighted by Gasteiger charge is 2.14. The third-order valence-corrected chi connectivity index (χ3v) is 5.37. The van der Waals surface area contributed by atoms with Gasteiger partial charge in [-0.05, 0) is 28.6 Å². The summed E-state index contributed by atoms with van der Waals surface area (Å²) in [5.74, 6) is 0. The van der Waals surface area contributed by atoms with Crippen LogP contribution in [0, 0.1) is 0 Å². The molecule has 0 aliphatic carbocycles. The van der Waals surface area contributed by atoms with E-state index in [9.17, 15) is 0 Å². The van der Waals surface area contributed by atoms with Crippen LogP contribution in [0.3, 0.4) is 0 Å². The summed E-state index contributed by atoms with van der Waals surface area (Å²) in [5.41, 5.74) is 4.88. The van der Waals surface area contributed by atoms with Gasteiger partial charge in [0, 0.05) is 35.7 Å². The summed E-state index contributed by atoms with van der Waals surface area (Å²) in [4.78, 5) is 7.20. The Kier molecular flexibility index (Phi) is 4.67. The Morgan fingerprint density at radius 3 is 1.86 bits per heavy atom. The van der Waals surface area contributed by atoms with Gasteiger partial charge in [-0.25, -0.2) is 0 Å². The molecule has 0 atom stereocenters. The van der Waals surface area contributed by atoms with Gasteiger partial charge in [0.2, 0.25) is 0 Å². The Bertz CT molecular complexity index is 1210. The maximum atomic E-state index is 4.74. The van der Waals surface area contributed by atoms with Crippen molar-refractivity contribution in [2.45, 2.75) is 13.1 Å². The number of aromatic nitrogens is 1. The zero-order chi connectivity index (χ0) is 19.5. The highest BCUT2D eigenvalue weighted by molar-refractivity contribution is 6.11. The maximum absolute atomic E-state index is 4.74. The maximum Gasteiger partial charge on any atom is 0.0801 e. The summed E-state index contributed by atoms with van der Waals surface area (Å²) < 4.78 is 0. The van der Waals surface area contributed by atoms with E-state index in [0.717, 1.165) is 18.6 Å². The molecule has 0 amide bonds. The van der Waals surface area contributed by atoms with Crippen molar-refractivity contribution in [3.63, 3.8) is 0 Å². The van der Waals surface area contributed by atoms with Crippen molar-refractivity contribution in [1.29, 1.82) is 0 Å². The summed E-state index contributed by atoms with van der Waals surface area (Å²) >= 11 is 0. The molecule has 29 heavy (non-hydrogen) atoms. The van der Waals surface area contributed by atoms with E-state index < -0.39 is 0 Å². The van der Waals surface area contributed by atoms with Gasteiger partial charge in [0.25, 0.3) is 0 Å². The number of rotatable bonds is 5. The molecule has 0 aliphatic rings. The molecule has 5 aromatic rings. The van der Waals surface area contributed by atoms with Crippen LogP contribution in [0.15, 0.2) is 109 Å². The molecule has 1 heterocycles. The van der Waals surface area contributed by atoms with Crippen LogP contribution < -0.4 is 4.90 Å². The van der Waals surface area contributed by atoms with E-state index in [-0.39, 0.29) is 0 Å². The molecule has 4 aromatic carbocycles. The Hall–Kier alpha value is -3.65. The predicted octanol–water partition coefficient (Wildman–Crippen LogP) is 6.59. The van der Waals surface area contributed by atoms with Crippen molar-refractivity contribution in [2.75, 3.05) is 4.90 Å². The van der Waals surface area contributed by atoms with Gasteiger partial charge in [-0.2, -0.15) is 0 Å². The van der Waals surface area contributed by atoms with Crippen LogP contribution in [0.5, 0.6) is 0 Å². The zero-order valence-electron chi connectivity index (χ0n) is 16.2. The quantitative estimate of drug-likeness (QED) is 0.322. The summed E-state index contributed by atoms with van der Waals surface area (Å²) in [6, 6.07) is 36.4. The molecule has 140 valence electrons. The normalized spacial score (nSPS) is 11.0. The van der Waals surface area contributed by atoms with Gasteiger partial charge in [0.05, 0.1) is 5.52 Å². The average Bonchev–Trinajstić information content (AvgIpc) is 2.79. The second-order valence-corrected chi connectivity index (χ2v) is 7.34. The first-order valence-corrected chi connectivity index (χ1v) is 9.98. The minimum atomic E-state index is 0.845. The number of hydrogen-bond acceptors (Lipinski definition) is 2. The number of anilines is 1. The molecule has 0 radical (unpaired) electrons. The predicted molar refractivity (Wildman–Crippen MR) is 122 cm³/mol. The van der Waals surface area contributed by atoms with Crippen molar-refractivity contribution in [1.82, 2.24) is 4.98 Å². The van der Waals surface area contributed by atoms with E-state index in [1.807, 2.05) is 12.3 Å². The fraction of sp³-hybridized carbons (Fsp3) is 0.0741. The monoisotopic (exact) mass is 374 g/mol. The van der Waals surface area contributed by atoms with E-state index in [1.165, 1.54) is 33.0 Å². The average molecular weight is 374 g/mol. The number of hydrogen-bond donors (Lipinski definition) is 0. The van der Waals surface area contributed by atoms with Crippen LogP contribution in [-0.2, 0) is 13.1 Å². The third-order valence-electron chi connectivity index (χ3n) is 5.37. The standard InChI is InChI=1S/C27H22N2/c1-3-9-21(10-4-1)19-29(20-22-11-5-2-6-12-22)25-15-7-13-23-16-17-24-14-8-18-28-27(24)26(23)25/h1-18H,19-20H2. The van der Waals surface area contributed by atoms with Crippen LogP contribution in [0.25, 0.3) is 21.7 Å². The zero-order valence-corrected chi connectivity index (χ0v) is 16.2. The molecule has 0 unspecified atom stereocenters. The van der Waals surface area contributed by atoms with Crippen LogP contribution in [-0.4, -0.2) is 4.98 Å². The molecule has 2 nitrogen and oxygen atoms in total. The van der Waals surface area contributed by atoms with Gasteiger partial charge in [-0.15, -0.1) is 0 Å². The summed E-state index contributed by atoms with van der Waals surface area (Å²) in [6.07, 6.45) is 1.89. The van der Waals surface area contributed by atoms with E-state index in [0.29, 0.717) is 0 Å². The van der Waals surface area contributed by atoms with E-state index in [2.05, 4.69) is 102 Å². The fourth-order valence-electron chi connectivity index (χ4n) is 3.99. The highest BCUT2D eigenvalue weighted by atomic mass is 15.1. The first-order chi connectivity index (χ1) is 14.4. The Balaban J connectivity index is 1.68. The minimum absolute atomic E-state index is 0.845. The summed E-state index contributed by atoms with van der Waals surface area (Å²) in [6.45, 7) is 1.69. The molecular formula is C27H22N2. The molecule has 0 saturated heterocycles. The van der Waals surface area contributed by atoms with Crippen LogP contribution in [0.4, 0.5) is 5.69 Å². The molecule has 0 N–H and O–H groups in total. The highest BCUT2D eigenvalue weighted by Crippen LogP contribution is 2.34. The summed E-state index contributed by atoms with van der Waals surface area (Å²) in [5, 5.41) is 3.61. The number of fused-ring (bicyclic) bond motifs is 3. The minimum Gasteiger partial charge on any atom is -0.362 e. The molecule has 0 bridgehead atoms. The molecule has 0 aliphatic heterocycles. The van der Waals surface area contributed by atoms with Gasteiger partial charge >= 0.3 is 0 Å². The van der Waals surface area contributed by atoms with E-state index >= 15 is 0 Å². The van der Waals surface area contributed by atoms with E-state index in [1.54, 1.807) is 0 Å². The third kappa shape index (κ3) is 3.57. The van der Waals surface area contributed by atoms with Crippen molar-refractivity contribution < 1.29 is 0 Å². The second-order valence-electron chi connectivity index (χ2n) is 7.34. The number of nitrogens with zero attached hydrogens (tertiary/aromatic N) is 2. The molecule has 1 aromatic heterocycles. The van der Waals surface area contributed by atoms with Crippen LogP contribution in [0.2, 0.25) is 0 Å². The van der Waals surface area contributed by atoms with Gasteiger partial charge < -0.3 is 4.90 Å². The number of benzene rings is 4. The first kappa shape index (κ1) is 17.4. The topological polar surface area (TPSA) is 16.1 Å². The number of pyridine rings is 1. The van der Waals surface area contributed by atoms with Crippen LogP contribution in [0.1, 0.15) is 11.1 Å². The largest absolute Gasteiger partial charge is 0.362 e.